The minimum Gasteiger partial charge on any atom is -0.477 e. The molecule has 1 saturated carbocycles. The van der Waals surface area contributed by atoms with Crippen molar-refractivity contribution in [2.45, 2.75) is 31.6 Å². The first-order valence-electron chi connectivity index (χ1n) is 5.07. The number of carboxylic acid groups (broad SMARTS) is 1. The van der Waals surface area contributed by atoms with Crippen LogP contribution >= 0.6 is 11.6 Å². The molecule has 2 rings (SSSR count). The van der Waals surface area contributed by atoms with E-state index in [1.807, 2.05) is 0 Å². The van der Waals surface area contributed by atoms with Crippen molar-refractivity contribution in [3.8, 4) is 0 Å². The second kappa shape index (κ2) is 4.19. The van der Waals surface area contributed by atoms with E-state index in [4.69, 9.17) is 16.7 Å². The zero-order chi connectivity index (χ0) is 10.8. The largest absolute Gasteiger partial charge is 0.477 e. The lowest BCUT2D eigenvalue weighted by Crippen LogP contribution is -2.05. The van der Waals surface area contributed by atoms with Gasteiger partial charge in [0, 0.05) is 16.6 Å². The summed E-state index contributed by atoms with van der Waals surface area (Å²) in [5.41, 5.74) is 0.877. The van der Waals surface area contributed by atoms with Crippen molar-refractivity contribution in [2.24, 2.45) is 0 Å². The van der Waals surface area contributed by atoms with Gasteiger partial charge in [-0.1, -0.05) is 24.4 Å². The maximum absolute atomic E-state index is 10.8. The minimum atomic E-state index is -1.02. The molecule has 3 nitrogen and oxygen atoms in total. The van der Waals surface area contributed by atoms with Gasteiger partial charge in [0.2, 0.25) is 0 Å². The van der Waals surface area contributed by atoms with E-state index in [0.717, 1.165) is 18.5 Å². The maximum Gasteiger partial charge on any atom is 0.354 e. The molecule has 1 aromatic heterocycles. The molecule has 0 aliphatic heterocycles. The lowest BCUT2D eigenvalue weighted by atomic mass is 10.0. The molecule has 0 atom stereocenters. The van der Waals surface area contributed by atoms with E-state index in [9.17, 15) is 4.79 Å². The Morgan fingerprint density at radius 3 is 2.67 bits per heavy atom. The summed E-state index contributed by atoms with van der Waals surface area (Å²) in [6, 6.07) is 3.17. The lowest BCUT2D eigenvalue weighted by Gasteiger charge is -2.09. The van der Waals surface area contributed by atoms with Gasteiger partial charge in [0.05, 0.1) is 0 Å². The SMILES string of the molecule is O=C(O)c1cc(Cl)cc(C2CCCC2)n1. The van der Waals surface area contributed by atoms with Gasteiger partial charge < -0.3 is 5.11 Å². The molecule has 1 aromatic rings. The van der Waals surface area contributed by atoms with Gasteiger partial charge in [0.15, 0.2) is 0 Å². The first-order chi connectivity index (χ1) is 7.16. The van der Waals surface area contributed by atoms with Crippen LogP contribution in [0.3, 0.4) is 0 Å². The van der Waals surface area contributed by atoms with E-state index < -0.39 is 5.97 Å². The molecule has 0 radical (unpaired) electrons. The van der Waals surface area contributed by atoms with Crippen molar-refractivity contribution in [1.29, 1.82) is 0 Å². The molecule has 1 fully saturated rings. The molecule has 1 N–H and O–H groups in total. The quantitative estimate of drug-likeness (QED) is 0.842. The third-order valence-electron chi connectivity index (χ3n) is 2.80. The van der Waals surface area contributed by atoms with Gasteiger partial charge in [0.1, 0.15) is 5.69 Å². The predicted octanol–water partition coefficient (Wildman–Crippen LogP) is 3.09. The third kappa shape index (κ3) is 2.29. The summed E-state index contributed by atoms with van der Waals surface area (Å²) < 4.78 is 0. The van der Waals surface area contributed by atoms with Crippen LogP contribution in [-0.2, 0) is 0 Å². The highest BCUT2D eigenvalue weighted by Gasteiger charge is 2.20. The van der Waals surface area contributed by atoms with E-state index in [1.54, 1.807) is 6.07 Å². The Hall–Kier alpha value is -1.09. The van der Waals surface area contributed by atoms with Crippen molar-refractivity contribution < 1.29 is 9.90 Å². The number of rotatable bonds is 2. The molecule has 1 aliphatic rings. The summed E-state index contributed by atoms with van der Waals surface area (Å²) in [7, 11) is 0. The molecule has 0 spiro atoms. The van der Waals surface area contributed by atoms with Gasteiger partial charge in [-0.05, 0) is 25.0 Å². The van der Waals surface area contributed by atoms with Gasteiger partial charge in [-0.3, -0.25) is 0 Å². The van der Waals surface area contributed by atoms with Crippen LogP contribution < -0.4 is 0 Å². The topological polar surface area (TPSA) is 50.2 Å². The highest BCUT2D eigenvalue weighted by molar-refractivity contribution is 6.30. The Balaban J connectivity index is 2.34. The zero-order valence-electron chi connectivity index (χ0n) is 8.24. The number of nitrogens with zero attached hydrogens (tertiary/aromatic N) is 1. The molecule has 80 valence electrons. The standard InChI is InChI=1S/C11H12ClNO2/c12-8-5-9(7-3-1-2-4-7)13-10(6-8)11(14)15/h5-7H,1-4H2,(H,14,15). The Morgan fingerprint density at radius 2 is 2.07 bits per heavy atom. The molecule has 1 aliphatic carbocycles. The molecular formula is C11H12ClNO2. The van der Waals surface area contributed by atoms with Crippen LogP contribution in [0.15, 0.2) is 12.1 Å². The average molecular weight is 226 g/mol. The number of hydrogen-bond donors (Lipinski definition) is 1. The van der Waals surface area contributed by atoms with Crippen LogP contribution in [0.1, 0.15) is 47.8 Å². The van der Waals surface area contributed by atoms with Crippen molar-refractivity contribution in [2.75, 3.05) is 0 Å². The number of aromatic carboxylic acids is 1. The summed E-state index contributed by atoms with van der Waals surface area (Å²) in [5.74, 6) is -0.626. The molecule has 4 heteroatoms. The van der Waals surface area contributed by atoms with Crippen LogP contribution in [0.4, 0.5) is 0 Å². The van der Waals surface area contributed by atoms with E-state index >= 15 is 0 Å². The van der Waals surface area contributed by atoms with Gasteiger partial charge in [-0.25, -0.2) is 9.78 Å². The fourth-order valence-electron chi connectivity index (χ4n) is 2.06. The van der Waals surface area contributed by atoms with Crippen LogP contribution in [0.2, 0.25) is 5.02 Å². The number of hydrogen-bond acceptors (Lipinski definition) is 2. The molecule has 0 bridgehead atoms. The first kappa shape index (κ1) is 10.4. The monoisotopic (exact) mass is 225 g/mol. The second-order valence-corrected chi connectivity index (χ2v) is 4.32. The van der Waals surface area contributed by atoms with Crippen molar-refractivity contribution in [3.05, 3.63) is 28.5 Å². The van der Waals surface area contributed by atoms with Crippen molar-refractivity contribution >= 4 is 17.6 Å². The van der Waals surface area contributed by atoms with Gasteiger partial charge in [0.25, 0.3) is 0 Å². The van der Waals surface area contributed by atoms with Gasteiger partial charge in [-0.2, -0.15) is 0 Å². The average Bonchev–Trinajstić information content (AvgIpc) is 2.69. The van der Waals surface area contributed by atoms with E-state index in [0.29, 0.717) is 10.9 Å². The van der Waals surface area contributed by atoms with Crippen molar-refractivity contribution in [1.82, 2.24) is 4.98 Å². The summed E-state index contributed by atoms with van der Waals surface area (Å²) in [6.45, 7) is 0. The molecule has 15 heavy (non-hydrogen) atoms. The Bertz CT molecular complexity index is 386. The molecule has 0 unspecified atom stereocenters. The Morgan fingerprint density at radius 1 is 1.40 bits per heavy atom. The molecular weight excluding hydrogens is 214 g/mol. The zero-order valence-corrected chi connectivity index (χ0v) is 9.00. The van der Waals surface area contributed by atoms with Crippen LogP contribution in [0.25, 0.3) is 0 Å². The number of halogens is 1. The fraction of sp³-hybridized carbons (Fsp3) is 0.455. The van der Waals surface area contributed by atoms with E-state index in [1.165, 1.54) is 18.9 Å². The predicted molar refractivity (Wildman–Crippen MR) is 57.4 cm³/mol. The summed E-state index contributed by atoms with van der Waals surface area (Å²) in [6.07, 6.45) is 4.57. The van der Waals surface area contributed by atoms with E-state index in [-0.39, 0.29) is 5.69 Å². The lowest BCUT2D eigenvalue weighted by molar-refractivity contribution is 0.0690. The van der Waals surface area contributed by atoms with Gasteiger partial charge >= 0.3 is 5.97 Å². The first-order valence-corrected chi connectivity index (χ1v) is 5.45. The third-order valence-corrected chi connectivity index (χ3v) is 3.02. The number of aromatic nitrogens is 1. The smallest absolute Gasteiger partial charge is 0.354 e. The number of carboxylic acids is 1. The van der Waals surface area contributed by atoms with Crippen LogP contribution in [0.5, 0.6) is 0 Å². The highest BCUT2D eigenvalue weighted by Crippen LogP contribution is 2.34. The number of carbonyl (C=O) groups is 1. The normalized spacial score (nSPS) is 16.9. The molecule has 0 saturated heterocycles. The summed E-state index contributed by atoms with van der Waals surface area (Å²) >= 11 is 5.87. The molecule has 0 amide bonds. The molecule has 0 aromatic carbocycles. The summed E-state index contributed by atoms with van der Waals surface area (Å²) in [5, 5.41) is 9.32. The van der Waals surface area contributed by atoms with Gasteiger partial charge in [-0.15, -0.1) is 0 Å². The van der Waals surface area contributed by atoms with Crippen LogP contribution in [-0.4, -0.2) is 16.1 Å². The highest BCUT2D eigenvalue weighted by atomic mass is 35.5. The Kier molecular flexibility index (Phi) is 2.91. The molecule has 1 heterocycles. The maximum atomic E-state index is 10.8. The van der Waals surface area contributed by atoms with Crippen molar-refractivity contribution in [3.63, 3.8) is 0 Å². The fourth-order valence-corrected chi connectivity index (χ4v) is 2.27. The summed E-state index contributed by atoms with van der Waals surface area (Å²) in [4.78, 5) is 14.9. The van der Waals surface area contributed by atoms with Crippen LogP contribution in [0, 0.1) is 0 Å². The minimum absolute atomic E-state index is 0.0457. The van der Waals surface area contributed by atoms with E-state index in [2.05, 4.69) is 4.98 Å². The Labute approximate surface area is 93.1 Å². The number of pyridine rings is 1. The second-order valence-electron chi connectivity index (χ2n) is 3.88.